The van der Waals surface area contributed by atoms with Gasteiger partial charge in [0.15, 0.2) is 11.5 Å². The van der Waals surface area contributed by atoms with Crippen molar-refractivity contribution in [1.29, 1.82) is 0 Å². The molecular weight excluding hydrogens is 464 g/mol. The average molecular weight is 491 g/mol. The van der Waals surface area contributed by atoms with Gasteiger partial charge in [0, 0.05) is 36.3 Å². The maximum Gasteiger partial charge on any atom is 0.161 e. The number of hydrogen-bond acceptors (Lipinski definition) is 7. The molecule has 0 atom stereocenters. The highest BCUT2D eigenvalue weighted by atomic mass is 16.3. The van der Waals surface area contributed by atoms with Crippen LogP contribution in [0.4, 0.5) is 0 Å². The zero-order valence-corrected chi connectivity index (χ0v) is 20.2. The molecule has 1 saturated carbocycles. The second-order valence-corrected chi connectivity index (χ2v) is 9.68. The Kier molecular flexibility index (Phi) is 5.47. The molecule has 6 aromatic rings. The van der Waals surface area contributed by atoms with Crippen molar-refractivity contribution < 1.29 is 4.42 Å². The lowest BCUT2D eigenvalue weighted by atomic mass is 10.1. The van der Waals surface area contributed by atoms with E-state index in [1.165, 1.54) is 25.7 Å². The smallest absolute Gasteiger partial charge is 0.161 e. The quantitative estimate of drug-likeness (QED) is 0.270. The number of H-pyrrole nitrogens is 2. The predicted molar refractivity (Wildman–Crippen MR) is 141 cm³/mol. The number of hydrogen-bond donors (Lipinski definition) is 3. The van der Waals surface area contributed by atoms with E-state index in [0.717, 1.165) is 69.2 Å². The van der Waals surface area contributed by atoms with Gasteiger partial charge in [-0.15, -0.1) is 0 Å². The minimum absolute atomic E-state index is 0.631. The molecule has 0 bridgehead atoms. The fraction of sp³-hybridized carbons (Fsp3) is 0.250. The van der Waals surface area contributed by atoms with Crippen LogP contribution in [0.1, 0.15) is 31.2 Å². The standard InChI is InChI=1S/C28H26N8O/c1-2-4-17(3-1)12-29-13-18-11-20(15-30-14-18)21-5-6-23-26(32-21)27(36-35-23)28-33-22-7-9-31-24(25(22)34-28)19-8-10-37-16-19/h5-11,14-17,29H,1-4,12-13H2,(H,33,34)(H,35,36). The van der Waals surface area contributed by atoms with E-state index in [4.69, 9.17) is 14.4 Å². The molecule has 9 heteroatoms. The highest BCUT2D eigenvalue weighted by molar-refractivity contribution is 5.94. The van der Waals surface area contributed by atoms with E-state index in [-0.39, 0.29) is 0 Å². The van der Waals surface area contributed by atoms with Crippen molar-refractivity contribution in [2.75, 3.05) is 6.54 Å². The molecule has 184 valence electrons. The first-order chi connectivity index (χ1) is 18.3. The summed E-state index contributed by atoms with van der Waals surface area (Å²) in [5.41, 5.74) is 8.49. The maximum atomic E-state index is 5.25. The summed E-state index contributed by atoms with van der Waals surface area (Å²) in [6.45, 7) is 1.88. The summed E-state index contributed by atoms with van der Waals surface area (Å²) in [6, 6.07) is 9.94. The van der Waals surface area contributed by atoms with Crippen LogP contribution in [0.2, 0.25) is 0 Å². The van der Waals surface area contributed by atoms with Gasteiger partial charge in [0.1, 0.15) is 16.7 Å². The Morgan fingerprint density at radius 2 is 1.86 bits per heavy atom. The molecular formula is C28H26N8O. The summed E-state index contributed by atoms with van der Waals surface area (Å²) < 4.78 is 5.25. The number of furan rings is 1. The fourth-order valence-electron chi connectivity index (χ4n) is 5.24. The van der Waals surface area contributed by atoms with Crippen molar-refractivity contribution in [2.24, 2.45) is 5.92 Å². The first-order valence-corrected chi connectivity index (χ1v) is 12.7. The Labute approximate surface area is 212 Å². The van der Waals surface area contributed by atoms with E-state index >= 15 is 0 Å². The summed E-state index contributed by atoms with van der Waals surface area (Å²) in [5, 5.41) is 11.2. The van der Waals surface area contributed by atoms with Crippen LogP contribution in [0.5, 0.6) is 0 Å². The number of aromatic amines is 2. The number of aromatic nitrogens is 7. The van der Waals surface area contributed by atoms with Crippen molar-refractivity contribution in [1.82, 2.24) is 40.4 Å². The molecule has 0 unspecified atom stereocenters. The lowest BCUT2D eigenvalue weighted by molar-refractivity contribution is 0.489. The third kappa shape index (κ3) is 4.17. The normalized spacial score (nSPS) is 14.3. The van der Waals surface area contributed by atoms with Crippen molar-refractivity contribution in [3.05, 3.63) is 67.0 Å². The first kappa shape index (κ1) is 21.9. The Morgan fingerprint density at radius 3 is 2.76 bits per heavy atom. The largest absolute Gasteiger partial charge is 0.472 e. The van der Waals surface area contributed by atoms with Gasteiger partial charge in [0.25, 0.3) is 0 Å². The average Bonchev–Trinajstić information content (AvgIpc) is 3.74. The Hall–Kier alpha value is -4.37. The summed E-state index contributed by atoms with van der Waals surface area (Å²) in [5.74, 6) is 1.44. The van der Waals surface area contributed by atoms with Gasteiger partial charge < -0.3 is 14.7 Å². The Bertz CT molecular complexity index is 1680. The van der Waals surface area contributed by atoms with Crippen molar-refractivity contribution in [3.8, 4) is 34.0 Å². The molecule has 1 aliphatic carbocycles. The second-order valence-electron chi connectivity index (χ2n) is 9.68. The van der Waals surface area contributed by atoms with E-state index < -0.39 is 0 Å². The van der Waals surface area contributed by atoms with Gasteiger partial charge in [0.05, 0.1) is 29.3 Å². The first-order valence-electron chi connectivity index (χ1n) is 12.7. The molecule has 9 nitrogen and oxygen atoms in total. The van der Waals surface area contributed by atoms with Crippen LogP contribution in [0.25, 0.3) is 56.1 Å². The second kappa shape index (κ2) is 9.25. The zero-order valence-electron chi connectivity index (χ0n) is 20.2. The van der Waals surface area contributed by atoms with Gasteiger partial charge in [-0.05, 0) is 61.2 Å². The Balaban J connectivity index is 1.20. The SMILES string of the molecule is c1cc2[nH]c(-c3n[nH]c4ccc(-c5cncc(CNCC6CCCC6)c5)nc34)nc2c(-c2ccoc2)n1. The number of imidazole rings is 1. The van der Waals surface area contributed by atoms with E-state index in [9.17, 15) is 0 Å². The molecule has 6 aromatic heterocycles. The van der Waals surface area contributed by atoms with Crippen LogP contribution in [-0.2, 0) is 6.54 Å². The molecule has 0 amide bonds. The predicted octanol–water partition coefficient (Wildman–Crippen LogP) is 5.50. The number of nitrogens with zero attached hydrogens (tertiary/aromatic N) is 5. The fourth-order valence-corrected chi connectivity index (χ4v) is 5.24. The topological polar surface area (TPSA) is 121 Å². The number of fused-ring (bicyclic) bond motifs is 2. The highest BCUT2D eigenvalue weighted by Gasteiger charge is 2.18. The van der Waals surface area contributed by atoms with Crippen molar-refractivity contribution >= 4 is 22.1 Å². The minimum Gasteiger partial charge on any atom is -0.472 e. The Morgan fingerprint density at radius 1 is 0.946 bits per heavy atom. The molecule has 0 saturated heterocycles. The molecule has 0 aliphatic heterocycles. The third-order valence-electron chi connectivity index (χ3n) is 7.16. The van der Waals surface area contributed by atoms with Crippen LogP contribution in [0.15, 0.2) is 65.9 Å². The number of pyridine rings is 3. The molecule has 1 fully saturated rings. The third-order valence-corrected chi connectivity index (χ3v) is 7.16. The summed E-state index contributed by atoms with van der Waals surface area (Å²) >= 11 is 0. The molecule has 1 aliphatic rings. The molecule has 0 spiro atoms. The van der Waals surface area contributed by atoms with Crippen molar-refractivity contribution in [2.45, 2.75) is 32.2 Å². The highest BCUT2D eigenvalue weighted by Crippen LogP contribution is 2.31. The summed E-state index contributed by atoms with van der Waals surface area (Å²) in [4.78, 5) is 22.2. The lowest BCUT2D eigenvalue weighted by Gasteiger charge is -2.11. The van der Waals surface area contributed by atoms with Crippen molar-refractivity contribution in [3.63, 3.8) is 0 Å². The van der Waals surface area contributed by atoms with E-state index in [1.807, 2.05) is 36.7 Å². The minimum atomic E-state index is 0.631. The van der Waals surface area contributed by atoms with E-state index in [2.05, 4.69) is 36.5 Å². The van der Waals surface area contributed by atoms with Gasteiger partial charge >= 0.3 is 0 Å². The lowest BCUT2D eigenvalue weighted by Crippen LogP contribution is -2.20. The van der Waals surface area contributed by atoms with Gasteiger partial charge in [-0.25, -0.2) is 9.97 Å². The van der Waals surface area contributed by atoms with Gasteiger partial charge in [-0.3, -0.25) is 15.1 Å². The monoisotopic (exact) mass is 490 g/mol. The molecule has 6 heterocycles. The van der Waals surface area contributed by atoms with Crippen LogP contribution in [-0.4, -0.2) is 41.7 Å². The zero-order chi connectivity index (χ0) is 24.6. The molecule has 7 rings (SSSR count). The van der Waals surface area contributed by atoms with Crippen LogP contribution in [0, 0.1) is 5.92 Å². The number of nitrogens with one attached hydrogen (secondary N) is 3. The van der Waals surface area contributed by atoms with E-state index in [1.54, 1.807) is 18.7 Å². The van der Waals surface area contributed by atoms with Gasteiger partial charge in [0.2, 0.25) is 0 Å². The summed E-state index contributed by atoms with van der Waals surface area (Å²) in [7, 11) is 0. The van der Waals surface area contributed by atoms with Gasteiger partial charge in [-0.2, -0.15) is 5.10 Å². The van der Waals surface area contributed by atoms with Crippen LogP contribution < -0.4 is 5.32 Å². The van der Waals surface area contributed by atoms with Crippen LogP contribution in [0.3, 0.4) is 0 Å². The molecule has 3 N–H and O–H groups in total. The molecule has 37 heavy (non-hydrogen) atoms. The maximum absolute atomic E-state index is 5.25. The number of rotatable bonds is 7. The van der Waals surface area contributed by atoms with E-state index in [0.29, 0.717) is 11.5 Å². The summed E-state index contributed by atoms with van der Waals surface area (Å²) in [6.07, 6.45) is 14.3. The van der Waals surface area contributed by atoms with Crippen LogP contribution >= 0.6 is 0 Å². The molecule has 0 aromatic carbocycles. The van der Waals surface area contributed by atoms with Gasteiger partial charge in [-0.1, -0.05) is 12.8 Å². The molecule has 0 radical (unpaired) electrons.